The summed E-state index contributed by atoms with van der Waals surface area (Å²) >= 11 is 0. The normalized spacial score (nSPS) is 19.4. The maximum absolute atomic E-state index is 12.5. The molecule has 2 atom stereocenters. The van der Waals surface area contributed by atoms with Gasteiger partial charge < -0.3 is 15.1 Å². The second-order valence-electron chi connectivity index (χ2n) is 7.49. The first kappa shape index (κ1) is 19.3. The first-order valence-corrected chi connectivity index (χ1v) is 9.62. The van der Waals surface area contributed by atoms with E-state index in [1.165, 1.54) is 5.56 Å². The van der Waals surface area contributed by atoms with Gasteiger partial charge in [0.05, 0.1) is 6.04 Å². The summed E-state index contributed by atoms with van der Waals surface area (Å²) < 4.78 is 0. The molecule has 6 nitrogen and oxygen atoms in total. The number of carbonyl (C=O) groups excluding carboxylic acids is 1. The van der Waals surface area contributed by atoms with E-state index in [1.807, 2.05) is 24.3 Å². The maximum atomic E-state index is 12.5. The number of aryl methyl sites for hydroxylation is 1. The van der Waals surface area contributed by atoms with Gasteiger partial charge in [-0.3, -0.25) is 4.79 Å². The van der Waals surface area contributed by atoms with Gasteiger partial charge in [-0.25, -0.2) is 9.97 Å². The first-order chi connectivity index (χ1) is 13.1. The van der Waals surface area contributed by atoms with Crippen LogP contribution >= 0.6 is 0 Å². The van der Waals surface area contributed by atoms with Gasteiger partial charge in [-0.15, -0.1) is 0 Å². The number of anilines is 1. The van der Waals surface area contributed by atoms with Crippen LogP contribution in [0.3, 0.4) is 0 Å². The second-order valence-corrected chi connectivity index (χ2v) is 7.49. The molecule has 1 aliphatic heterocycles. The number of amides is 1. The molecule has 1 aromatic carbocycles. The van der Waals surface area contributed by atoms with Crippen molar-refractivity contribution < 1.29 is 4.79 Å². The Kier molecular flexibility index (Phi) is 6.76. The van der Waals surface area contributed by atoms with E-state index in [4.69, 9.17) is 0 Å². The van der Waals surface area contributed by atoms with Gasteiger partial charge in [0.1, 0.15) is 0 Å². The van der Waals surface area contributed by atoms with Crippen LogP contribution in [0.15, 0.2) is 48.8 Å². The highest BCUT2D eigenvalue weighted by molar-refractivity contribution is 5.76. The van der Waals surface area contributed by atoms with E-state index < -0.39 is 0 Å². The van der Waals surface area contributed by atoms with Gasteiger partial charge in [0.25, 0.3) is 0 Å². The molecule has 1 N–H and O–H groups in total. The van der Waals surface area contributed by atoms with Crippen LogP contribution in [-0.4, -0.2) is 60.5 Å². The number of hydrogen-bond acceptors (Lipinski definition) is 5. The quantitative estimate of drug-likeness (QED) is 0.773. The van der Waals surface area contributed by atoms with Gasteiger partial charge in [-0.05, 0) is 38.6 Å². The van der Waals surface area contributed by atoms with Crippen molar-refractivity contribution in [2.75, 3.05) is 38.6 Å². The van der Waals surface area contributed by atoms with E-state index in [2.05, 4.69) is 51.3 Å². The Labute approximate surface area is 161 Å². The van der Waals surface area contributed by atoms with Crippen molar-refractivity contribution in [2.24, 2.45) is 5.92 Å². The van der Waals surface area contributed by atoms with Crippen LogP contribution in [0.1, 0.15) is 18.4 Å². The summed E-state index contributed by atoms with van der Waals surface area (Å²) in [6, 6.07) is 12.3. The highest BCUT2D eigenvalue weighted by atomic mass is 16.1. The van der Waals surface area contributed by atoms with Gasteiger partial charge in [-0.2, -0.15) is 0 Å². The van der Waals surface area contributed by atoms with Crippen molar-refractivity contribution in [2.45, 2.75) is 25.3 Å². The largest absolute Gasteiger partial charge is 0.351 e. The molecule has 1 amide bonds. The van der Waals surface area contributed by atoms with Crippen molar-refractivity contribution in [3.8, 4) is 0 Å². The SMILES string of the molecule is CN(C)C[C@@H]1CN(c2ncccn2)C[C@H]1NC(=O)CCCc1ccccc1. The molecule has 27 heavy (non-hydrogen) atoms. The zero-order chi connectivity index (χ0) is 19.1. The van der Waals surface area contributed by atoms with Crippen molar-refractivity contribution >= 4 is 11.9 Å². The van der Waals surface area contributed by atoms with Crippen molar-refractivity contribution in [3.63, 3.8) is 0 Å². The predicted octanol–water partition coefficient (Wildman–Crippen LogP) is 1.98. The predicted molar refractivity (Wildman–Crippen MR) is 108 cm³/mol. The second kappa shape index (κ2) is 9.46. The van der Waals surface area contributed by atoms with Crippen LogP contribution < -0.4 is 10.2 Å². The summed E-state index contributed by atoms with van der Waals surface area (Å²) in [5.41, 5.74) is 1.28. The molecule has 0 bridgehead atoms. The van der Waals surface area contributed by atoms with Gasteiger partial charge in [0.15, 0.2) is 0 Å². The molecule has 0 unspecified atom stereocenters. The molecular weight excluding hydrogens is 338 g/mol. The van der Waals surface area contributed by atoms with Crippen LogP contribution in [0, 0.1) is 5.92 Å². The zero-order valence-corrected chi connectivity index (χ0v) is 16.2. The Hall–Kier alpha value is -2.47. The lowest BCUT2D eigenvalue weighted by molar-refractivity contribution is -0.122. The molecule has 2 aromatic rings. The monoisotopic (exact) mass is 367 g/mol. The van der Waals surface area contributed by atoms with Crippen LogP contribution in [0.2, 0.25) is 0 Å². The first-order valence-electron chi connectivity index (χ1n) is 9.62. The van der Waals surface area contributed by atoms with Crippen LogP contribution in [-0.2, 0) is 11.2 Å². The van der Waals surface area contributed by atoms with Crippen LogP contribution in [0.4, 0.5) is 5.95 Å². The molecule has 1 saturated heterocycles. The van der Waals surface area contributed by atoms with Gasteiger partial charge in [0.2, 0.25) is 11.9 Å². The van der Waals surface area contributed by atoms with Crippen molar-refractivity contribution in [3.05, 3.63) is 54.4 Å². The van der Waals surface area contributed by atoms with E-state index in [0.29, 0.717) is 12.3 Å². The summed E-state index contributed by atoms with van der Waals surface area (Å²) in [6.45, 7) is 2.54. The maximum Gasteiger partial charge on any atom is 0.225 e. The van der Waals surface area contributed by atoms with E-state index in [0.717, 1.165) is 38.4 Å². The Morgan fingerprint density at radius 2 is 1.89 bits per heavy atom. The minimum atomic E-state index is 0.125. The van der Waals surface area contributed by atoms with E-state index in [-0.39, 0.29) is 11.9 Å². The molecule has 1 aromatic heterocycles. The van der Waals surface area contributed by atoms with E-state index >= 15 is 0 Å². The molecule has 0 spiro atoms. The summed E-state index contributed by atoms with van der Waals surface area (Å²) in [4.78, 5) is 25.6. The number of nitrogens with zero attached hydrogens (tertiary/aromatic N) is 4. The van der Waals surface area contributed by atoms with Crippen LogP contribution in [0.25, 0.3) is 0 Å². The molecule has 1 fully saturated rings. The number of hydrogen-bond donors (Lipinski definition) is 1. The van der Waals surface area contributed by atoms with Crippen molar-refractivity contribution in [1.29, 1.82) is 0 Å². The average molecular weight is 367 g/mol. The lowest BCUT2D eigenvalue weighted by Crippen LogP contribution is -2.43. The molecule has 1 aliphatic rings. The van der Waals surface area contributed by atoms with Crippen LogP contribution in [0.5, 0.6) is 0 Å². The third kappa shape index (κ3) is 5.76. The molecule has 6 heteroatoms. The summed E-state index contributed by atoms with van der Waals surface area (Å²) in [5.74, 6) is 1.24. The minimum absolute atomic E-state index is 0.125. The standard InChI is InChI=1S/C21H29N5O/c1-25(2)14-18-15-26(21-22-12-7-13-23-21)16-19(18)24-20(27)11-6-10-17-8-4-3-5-9-17/h3-5,7-9,12-13,18-19H,6,10-11,14-16H2,1-2H3,(H,24,27)/t18-,19-/m1/s1. The number of rotatable bonds is 8. The molecular formula is C21H29N5O. The summed E-state index contributed by atoms with van der Waals surface area (Å²) in [7, 11) is 4.14. The Balaban J connectivity index is 1.53. The van der Waals surface area contributed by atoms with E-state index in [1.54, 1.807) is 12.4 Å². The number of carbonyl (C=O) groups is 1. The topological polar surface area (TPSA) is 61.4 Å². The molecule has 0 aliphatic carbocycles. The van der Waals surface area contributed by atoms with Crippen molar-refractivity contribution in [1.82, 2.24) is 20.2 Å². The molecule has 144 valence electrons. The fourth-order valence-electron chi connectivity index (χ4n) is 3.68. The van der Waals surface area contributed by atoms with Gasteiger partial charge in [0, 0.05) is 44.4 Å². The number of aromatic nitrogens is 2. The Morgan fingerprint density at radius 1 is 1.15 bits per heavy atom. The van der Waals surface area contributed by atoms with Gasteiger partial charge >= 0.3 is 0 Å². The zero-order valence-electron chi connectivity index (χ0n) is 16.2. The Bertz CT molecular complexity index is 707. The molecule has 3 rings (SSSR count). The minimum Gasteiger partial charge on any atom is -0.351 e. The fourth-order valence-corrected chi connectivity index (χ4v) is 3.68. The smallest absolute Gasteiger partial charge is 0.225 e. The lowest BCUT2D eigenvalue weighted by atomic mass is 10.0. The molecule has 2 heterocycles. The number of nitrogens with one attached hydrogen (secondary N) is 1. The Morgan fingerprint density at radius 3 is 2.59 bits per heavy atom. The highest BCUT2D eigenvalue weighted by Crippen LogP contribution is 2.21. The lowest BCUT2D eigenvalue weighted by Gasteiger charge is -2.22. The average Bonchev–Trinajstić information content (AvgIpc) is 3.05. The third-order valence-corrected chi connectivity index (χ3v) is 4.93. The van der Waals surface area contributed by atoms with Gasteiger partial charge in [-0.1, -0.05) is 30.3 Å². The summed E-state index contributed by atoms with van der Waals surface area (Å²) in [5, 5.41) is 3.26. The van der Waals surface area contributed by atoms with E-state index in [9.17, 15) is 4.79 Å². The third-order valence-electron chi connectivity index (χ3n) is 4.93. The highest BCUT2D eigenvalue weighted by Gasteiger charge is 2.35. The molecule has 0 saturated carbocycles. The fraction of sp³-hybridized carbons (Fsp3) is 0.476. The summed E-state index contributed by atoms with van der Waals surface area (Å²) in [6.07, 6.45) is 5.88. The number of benzene rings is 1. The molecule has 0 radical (unpaired) electrons.